The van der Waals surface area contributed by atoms with Crippen LogP contribution in [0.3, 0.4) is 0 Å². The van der Waals surface area contributed by atoms with Gasteiger partial charge in [0.25, 0.3) is 0 Å². The molecule has 0 bridgehead atoms. The second-order valence-corrected chi connectivity index (χ2v) is 6.03. The average Bonchev–Trinajstić information content (AvgIpc) is 3.17. The fourth-order valence-electron chi connectivity index (χ4n) is 2.74. The van der Waals surface area contributed by atoms with Gasteiger partial charge in [0.05, 0.1) is 17.9 Å². The van der Waals surface area contributed by atoms with Crippen LogP contribution in [0.4, 0.5) is 13.2 Å². The first-order valence-electron chi connectivity index (χ1n) is 7.76. The highest BCUT2D eigenvalue weighted by molar-refractivity contribution is 5.54. The van der Waals surface area contributed by atoms with E-state index in [1.54, 1.807) is 0 Å². The molecule has 1 aliphatic heterocycles. The van der Waals surface area contributed by atoms with Gasteiger partial charge in [-0.05, 0) is 44.7 Å². The van der Waals surface area contributed by atoms with Crippen molar-refractivity contribution in [2.45, 2.75) is 32.1 Å². The first-order valence-corrected chi connectivity index (χ1v) is 7.76. The van der Waals surface area contributed by atoms with E-state index < -0.39 is 11.7 Å². The first kappa shape index (κ1) is 17.0. The van der Waals surface area contributed by atoms with Gasteiger partial charge < -0.3 is 9.15 Å². The van der Waals surface area contributed by atoms with Crippen LogP contribution >= 0.6 is 0 Å². The van der Waals surface area contributed by atoms with Crippen molar-refractivity contribution < 1.29 is 22.3 Å². The minimum absolute atomic E-state index is 0.340. The number of oxazole rings is 1. The van der Waals surface area contributed by atoms with E-state index in [1.807, 2.05) is 14.0 Å². The quantitative estimate of drug-likeness (QED) is 0.846. The van der Waals surface area contributed by atoms with E-state index in [4.69, 9.17) is 9.15 Å². The molecule has 3 rings (SSSR count). The summed E-state index contributed by atoms with van der Waals surface area (Å²) in [5.41, 5.74) is 0.638. The Hall–Kier alpha value is -1.86. The molecule has 1 aromatic heterocycles. The van der Waals surface area contributed by atoms with Crippen molar-refractivity contribution >= 4 is 0 Å². The fourth-order valence-corrected chi connectivity index (χ4v) is 2.74. The van der Waals surface area contributed by atoms with Gasteiger partial charge in [-0.2, -0.15) is 13.2 Å². The topological polar surface area (TPSA) is 38.5 Å². The number of aromatic nitrogens is 1. The zero-order chi connectivity index (χ0) is 17.3. The zero-order valence-electron chi connectivity index (χ0n) is 13.6. The second kappa shape index (κ2) is 6.57. The largest absolute Gasteiger partial charge is 0.441 e. The number of halogens is 3. The van der Waals surface area contributed by atoms with Gasteiger partial charge in [-0.15, -0.1) is 0 Å². The molecule has 0 radical (unpaired) electrons. The molecular weight excluding hydrogens is 321 g/mol. The van der Waals surface area contributed by atoms with Crippen LogP contribution in [-0.2, 0) is 17.5 Å². The number of hydrogen-bond acceptors (Lipinski definition) is 4. The minimum atomic E-state index is -4.34. The molecule has 1 atom stereocenters. The van der Waals surface area contributed by atoms with E-state index in [0.29, 0.717) is 36.4 Å². The molecular formula is C17H19F3N2O2. The molecule has 1 saturated heterocycles. The summed E-state index contributed by atoms with van der Waals surface area (Å²) < 4.78 is 48.9. The maximum atomic E-state index is 12.6. The Morgan fingerprint density at radius 3 is 2.54 bits per heavy atom. The number of nitrogens with zero attached hydrogens (tertiary/aromatic N) is 2. The third kappa shape index (κ3) is 3.62. The summed E-state index contributed by atoms with van der Waals surface area (Å²) in [7, 11) is 2.01. The van der Waals surface area contributed by atoms with E-state index in [2.05, 4.69) is 9.88 Å². The van der Waals surface area contributed by atoms with Crippen LogP contribution in [0.15, 0.2) is 28.7 Å². The molecule has 0 unspecified atom stereocenters. The zero-order valence-corrected chi connectivity index (χ0v) is 13.6. The van der Waals surface area contributed by atoms with Crippen LogP contribution in [0.2, 0.25) is 0 Å². The van der Waals surface area contributed by atoms with Crippen molar-refractivity contribution in [2.24, 2.45) is 0 Å². The molecule has 4 nitrogen and oxygen atoms in total. The van der Waals surface area contributed by atoms with Gasteiger partial charge >= 0.3 is 6.18 Å². The van der Waals surface area contributed by atoms with Crippen LogP contribution < -0.4 is 0 Å². The van der Waals surface area contributed by atoms with Gasteiger partial charge in [-0.1, -0.05) is 0 Å². The molecule has 0 saturated carbocycles. The Bertz CT molecular complexity index is 689. The highest BCUT2D eigenvalue weighted by atomic mass is 19.4. The van der Waals surface area contributed by atoms with Crippen molar-refractivity contribution in [1.82, 2.24) is 9.88 Å². The van der Waals surface area contributed by atoms with Gasteiger partial charge in [-0.25, -0.2) is 4.98 Å². The standard InChI is InChI=1S/C17H19F3N2O2/c1-11-15(9-22(2)14-7-8-23-10-14)21-16(24-11)12-3-5-13(6-4-12)17(18,19)20/h3-6,14H,7-10H2,1-2H3/t14-/m1/s1. The molecule has 130 valence electrons. The number of hydrogen-bond donors (Lipinski definition) is 0. The van der Waals surface area contributed by atoms with Crippen LogP contribution in [0.1, 0.15) is 23.4 Å². The van der Waals surface area contributed by atoms with Crippen LogP contribution in [0, 0.1) is 6.92 Å². The summed E-state index contributed by atoms with van der Waals surface area (Å²) in [5.74, 6) is 1.02. The van der Waals surface area contributed by atoms with Crippen molar-refractivity contribution in [3.63, 3.8) is 0 Å². The molecule has 0 N–H and O–H groups in total. The van der Waals surface area contributed by atoms with Crippen molar-refractivity contribution in [2.75, 3.05) is 20.3 Å². The first-order chi connectivity index (χ1) is 11.3. The maximum absolute atomic E-state index is 12.6. The lowest BCUT2D eigenvalue weighted by Gasteiger charge is -2.21. The number of rotatable bonds is 4. The molecule has 0 amide bonds. The van der Waals surface area contributed by atoms with Gasteiger partial charge in [0, 0.05) is 24.8 Å². The fraction of sp³-hybridized carbons (Fsp3) is 0.471. The summed E-state index contributed by atoms with van der Waals surface area (Å²) in [5, 5.41) is 0. The Balaban J connectivity index is 1.75. The maximum Gasteiger partial charge on any atom is 0.416 e. The number of ether oxygens (including phenoxy) is 1. The van der Waals surface area contributed by atoms with Crippen molar-refractivity contribution in [1.29, 1.82) is 0 Å². The van der Waals surface area contributed by atoms with E-state index >= 15 is 0 Å². The average molecular weight is 340 g/mol. The van der Waals surface area contributed by atoms with Gasteiger partial charge in [0.1, 0.15) is 5.76 Å². The number of alkyl halides is 3. The molecule has 24 heavy (non-hydrogen) atoms. The number of aryl methyl sites for hydroxylation is 1. The Kier molecular flexibility index (Phi) is 4.64. The Morgan fingerprint density at radius 1 is 1.25 bits per heavy atom. The third-order valence-electron chi connectivity index (χ3n) is 4.28. The van der Waals surface area contributed by atoms with Gasteiger partial charge in [0.15, 0.2) is 0 Å². The van der Waals surface area contributed by atoms with E-state index in [9.17, 15) is 13.2 Å². The molecule has 1 fully saturated rings. The summed E-state index contributed by atoms with van der Waals surface area (Å²) in [6.07, 6.45) is -3.36. The van der Waals surface area contributed by atoms with E-state index in [1.165, 1.54) is 12.1 Å². The predicted octanol–water partition coefficient (Wildman–Crippen LogP) is 3.89. The summed E-state index contributed by atoms with van der Waals surface area (Å²) in [6.45, 7) is 3.90. The lowest BCUT2D eigenvalue weighted by Crippen LogP contribution is -2.31. The molecule has 1 aliphatic rings. The normalized spacial score (nSPS) is 18.5. The summed E-state index contributed by atoms with van der Waals surface area (Å²) in [4.78, 5) is 6.61. The summed E-state index contributed by atoms with van der Waals surface area (Å²) in [6, 6.07) is 5.20. The summed E-state index contributed by atoms with van der Waals surface area (Å²) >= 11 is 0. The number of likely N-dealkylation sites (N-methyl/N-ethyl adjacent to an activating group) is 1. The molecule has 0 aliphatic carbocycles. The SMILES string of the molecule is Cc1oc(-c2ccc(C(F)(F)F)cc2)nc1CN(C)[C@@H]1CCOC1. The van der Waals surface area contributed by atoms with Crippen LogP contribution in [0.25, 0.3) is 11.5 Å². The molecule has 0 spiro atoms. The van der Waals surface area contributed by atoms with Crippen molar-refractivity contribution in [3.05, 3.63) is 41.3 Å². The van der Waals surface area contributed by atoms with E-state index in [0.717, 1.165) is 30.9 Å². The highest BCUT2D eigenvalue weighted by Crippen LogP contribution is 2.31. The Morgan fingerprint density at radius 2 is 1.96 bits per heavy atom. The monoisotopic (exact) mass is 340 g/mol. The Labute approximate surface area is 138 Å². The van der Waals surface area contributed by atoms with Crippen LogP contribution in [-0.4, -0.2) is 36.2 Å². The molecule has 7 heteroatoms. The number of benzene rings is 1. The molecule has 2 heterocycles. The lowest BCUT2D eigenvalue weighted by molar-refractivity contribution is -0.137. The third-order valence-corrected chi connectivity index (χ3v) is 4.28. The highest BCUT2D eigenvalue weighted by Gasteiger charge is 2.30. The van der Waals surface area contributed by atoms with Gasteiger partial charge in [-0.3, -0.25) is 4.90 Å². The molecule has 2 aromatic rings. The predicted molar refractivity (Wildman–Crippen MR) is 82.4 cm³/mol. The van der Waals surface area contributed by atoms with E-state index in [-0.39, 0.29) is 0 Å². The minimum Gasteiger partial charge on any atom is -0.441 e. The lowest BCUT2D eigenvalue weighted by atomic mass is 10.1. The van der Waals surface area contributed by atoms with Gasteiger partial charge in [0.2, 0.25) is 5.89 Å². The second-order valence-electron chi connectivity index (χ2n) is 6.03. The van der Waals surface area contributed by atoms with Crippen LogP contribution in [0.5, 0.6) is 0 Å². The molecule has 1 aromatic carbocycles. The van der Waals surface area contributed by atoms with Crippen molar-refractivity contribution in [3.8, 4) is 11.5 Å². The smallest absolute Gasteiger partial charge is 0.416 e.